The fourth-order valence-corrected chi connectivity index (χ4v) is 4.22. The first-order valence-corrected chi connectivity index (χ1v) is 12.0. The van der Waals surface area contributed by atoms with Gasteiger partial charge in [0.1, 0.15) is 17.7 Å². The van der Waals surface area contributed by atoms with Crippen molar-refractivity contribution in [2.45, 2.75) is 52.3 Å². The van der Waals surface area contributed by atoms with Crippen LogP contribution in [0.5, 0.6) is 0 Å². The van der Waals surface area contributed by atoms with Crippen LogP contribution in [-0.4, -0.2) is 67.9 Å². The lowest BCUT2D eigenvalue weighted by atomic mass is 9.96. The molecule has 13 heteroatoms. The van der Waals surface area contributed by atoms with Gasteiger partial charge in [0, 0.05) is 28.8 Å². The van der Waals surface area contributed by atoms with Crippen molar-refractivity contribution in [2.24, 2.45) is 10.4 Å². The van der Waals surface area contributed by atoms with Crippen molar-refractivity contribution in [3.63, 3.8) is 0 Å². The van der Waals surface area contributed by atoms with Crippen LogP contribution in [0.1, 0.15) is 60.0 Å². The number of H-pyrrole nitrogens is 1. The van der Waals surface area contributed by atoms with Crippen molar-refractivity contribution in [3.05, 3.63) is 33.5 Å². The molecular weight excluding hydrogens is 490 g/mol. The molecule has 2 aromatic rings. The third-order valence-corrected chi connectivity index (χ3v) is 6.58. The second-order valence-corrected chi connectivity index (χ2v) is 10.5. The highest BCUT2D eigenvalue weighted by atomic mass is 32.1. The molecule has 2 amide bonds. The van der Waals surface area contributed by atoms with E-state index in [0.717, 1.165) is 4.88 Å². The van der Waals surface area contributed by atoms with Crippen molar-refractivity contribution in [1.29, 1.82) is 0 Å². The second-order valence-electron chi connectivity index (χ2n) is 9.36. The molecule has 0 fully saturated rings. The summed E-state index contributed by atoms with van der Waals surface area (Å²) in [5.74, 6) is -2.32. The molecule has 194 valence electrons. The number of amides is 2. The first-order valence-electron chi connectivity index (χ1n) is 11.2. The topological polar surface area (TPSA) is 184 Å². The minimum absolute atomic E-state index is 0.175. The molecule has 0 saturated heterocycles. The number of hydrogen-bond donors (Lipinski definition) is 6. The average Bonchev–Trinajstić information content (AvgIpc) is 3.42. The Morgan fingerprint density at radius 3 is 2.58 bits per heavy atom. The smallest absolute Gasteiger partial charge is 0.326 e. The third kappa shape index (κ3) is 6.70. The van der Waals surface area contributed by atoms with Crippen molar-refractivity contribution in [3.8, 4) is 0 Å². The van der Waals surface area contributed by atoms with Crippen LogP contribution in [-0.2, 0) is 20.8 Å². The molecule has 2 atom stereocenters. The number of nitrogens with zero attached hydrogens (tertiary/aromatic N) is 2. The normalized spacial score (nSPS) is 15.8. The van der Waals surface area contributed by atoms with Gasteiger partial charge in [0.2, 0.25) is 5.91 Å². The summed E-state index contributed by atoms with van der Waals surface area (Å²) in [5, 5.41) is 33.9. The second kappa shape index (κ2) is 10.9. The largest absolute Gasteiger partial charge is 0.481 e. The highest BCUT2D eigenvalue weighted by molar-refractivity contribution is 7.14. The standard InChI is InChI=1S/C23H29N5O7S/c1-23(2,3)22(35)27-16-10-13-18(26-16)24-11-28(20(13)32)9-8-12-4-6-15(36-12)19(31)25-14(21(33)34)5-7-17(29)30/h4,6,10-11,14,20,26,32H,5,7-9H2,1-3H3,(H,25,31)(H,27,35)(H,29,30)(H,33,34)/t14-,20?/m1/s1. The van der Waals surface area contributed by atoms with Crippen LogP contribution in [0.3, 0.4) is 0 Å². The van der Waals surface area contributed by atoms with Gasteiger partial charge in [0.15, 0.2) is 6.23 Å². The number of carbonyl (C=O) groups excluding carboxylic acids is 2. The zero-order chi connectivity index (χ0) is 26.6. The average molecular weight is 520 g/mol. The SMILES string of the molecule is CC(C)(C)C(=O)Nc1cc2c([nH]1)N=CN(CCc1ccc(C(=O)N[C@H](CCC(=O)O)C(=O)O)s1)C2O. The number of thiophene rings is 1. The number of fused-ring (bicyclic) bond motifs is 1. The maximum atomic E-state index is 12.4. The zero-order valence-electron chi connectivity index (χ0n) is 20.1. The molecule has 36 heavy (non-hydrogen) atoms. The van der Waals surface area contributed by atoms with E-state index in [-0.39, 0.29) is 18.7 Å². The van der Waals surface area contributed by atoms with Gasteiger partial charge in [-0.1, -0.05) is 20.8 Å². The van der Waals surface area contributed by atoms with Crippen LogP contribution in [0, 0.1) is 5.41 Å². The van der Waals surface area contributed by atoms with Gasteiger partial charge in [-0.25, -0.2) is 9.79 Å². The number of rotatable bonds is 10. The number of carbonyl (C=O) groups is 4. The molecule has 0 aromatic carbocycles. The summed E-state index contributed by atoms with van der Waals surface area (Å²) in [6.45, 7) is 5.77. The van der Waals surface area contributed by atoms with Crippen LogP contribution in [0.15, 0.2) is 23.2 Å². The Balaban J connectivity index is 1.57. The Hall–Kier alpha value is -3.71. The molecule has 0 saturated carbocycles. The van der Waals surface area contributed by atoms with Gasteiger partial charge < -0.3 is 35.8 Å². The number of carboxylic acid groups (broad SMARTS) is 2. The van der Waals surface area contributed by atoms with Gasteiger partial charge in [-0.15, -0.1) is 11.3 Å². The maximum Gasteiger partial charge on any atom is 0.326 e. The van der Waals surface area contributed by atoms with E-state index in [1.807, 2.05) is 0 Å². The molecule has 12 nitrogen and oxygen atoms in total. The summed E-state index contributed by atoms with van der Waals surface area (Å²) in [6, 6.07) is 3.65. The lowest BCUT2D eigenvalue weighted by molar-refractivity contribution is -0.140. The van der Waals surface area contributed by atoms with Crippen LogP contribution in [0.4, 0.5) is 11.6 Å². The Bertz CT molecular complexity index is 1180. The van der Waals surface area contributed by atoms with Gasteiger partial charge >= 0.3 is 11.9 Å². The maximum absolute atomic E-state index is 12.4. The summed E-state index contributed by atoms with van der Waals surface area (Å²) in [4.78, 5) is 56.7. The number of aliphatic hydroxyl groups excluding tert-OH is 1. The molecule has 1 aliphatic heterocycles. The van der Waals surface area contributed by atoms with E-state index in [1.54, 1.807) is 43.9 Å². The fourth-order valence-electron chi connectivity index (χ4n) is 3.32. The Morgan fingerprint density at radius 2 is 1.94 bits per heavy atom. The predicted octanol–water partition coefficient (Wildman–Crippen LogP) is 2.32. The van der Waals surface area contributed by atoms with Crippen LogP contribution >= 0.6 is 11.3 Å². The minimum Gasteiger partial charge on any atom is -0.481 e. The van der Waals surface area contributed by atoms with E-state index in [9.17, 15) is 29.4 Å². The van der Waals surface area contributed by atoms with Crippen molar-refractivity contribution < 1.29 is 34.5 Å². The monoisotopic (exact) mass is 519 g/mol. The quantitative estimate of drug-likeness (QED) is 0.276. The lowest BCUT2D eigenvalue weighted by Gasteiger charge is -2.28. The van der Waals surface area contributed by atoms with Crippen LogP contribution in [0.25, 0.3) is 0 Å². The first kappa shape index (κ1) is 26.9. The fraction of sp³-hybridized carbons (Fsp3) is 0.435. The lowest BCUT2D eigenvalue weighted by Crippen LogP contribution is -2.40. The molecule has 0 bridgehead atoms. The zero-order valence-corrected chi connectivity index (χ0v) is 20.9. The van der Waals surface area contributed by atoms with Crippen molar-refractivity contribution in [1.82, 2.24) is 15.2 Å². The summed E-state index contributed by atoms with van der Waals surface area (Å²) in [5.41, 5.74) is -0.0581. The number of aromatic nitrogens is 1. The number of carboxylic acids is 2. The van der Waals surface area contributed by atoms with E-state index < -0.39 is 35.5 Å². The summed E-state index contributed by atoms with van der Waals surface area (Å²) < 4.78 is 0. The number of aliphatic carboxylic acids is 2. The van der Waals surface area contributed by atoms with E-state index in [2.05, 4.69) is 20.6 Å². The summed E-state index contributed by atoms with van der Waals surface area (Å²) in [7, 11) is 0. The number of aliphatic hydroxyl groups is 1. The van der Waals surface area contributed by atoms with Gasteiger partial charge in [-0.3, -0.25) is 14.4 Å². The molecule has 3 rings (SSSR count). The van der Waals surface area contributed by atoms with E-state index in [1.165, 1.54) is 17.7 Å². The summed E-state index contributed by atoms with van der Waals surface area (Å²) in [6.07, 6.45) is 0.404. The molecular formula is C23H29N5O7S. The third-order valence-electron chi connectivity index (χ3n) is 5.44. The van der Waals surface area contributed by atoms with Gasteiger partial charge in [-0.05, 0) is 31.0 Å². The van der Waals surface area contributed by atoms with E-state index in [0.29, 0.717) is 35.0 Å². The van der Waals surface area contributed by atoms with Crippen LogP contribution < -0.4 is 10.6 Å². The Labute approximate surface area is 211 Å². The highest BCUT2D eigenvalue weighted by Crippen LogP contribution is 2.34. The highest BCUT2D eigenvalue weighted by Gasteiger charge is 2.27. The molecule has 0 spiro atoms. The number of aliphatic imine (C=N–C) groups is 1. The Kier molecular flexibility index (Phi) is 8.15. The minimum atomic E-state index is -1.30. The number of aromatic amines is 1. The van der Waals surface area contributed by atoms with E-state index in [4.69, 9.17) is 5.11 Å². The van der Waals surface area contributed by atoms with Gasteiger partial charge in [0.05, 0.1) is 11.2 Å². The molecule has 0 radical (unpaired) electrons. The molecule has 6 N–H and O–H groups in total. The van der Waals surface area contributed by atoms with E-state index >= 15 is 0 Å². The Morgan fingerprint density at radius 1 is 1.22 bits per heavy atom. The van der Waals surface area contributed by atoms with Crippen molar-refractivity contribution in [2.75, 3.05) is 11.9 Å². The number of anilines is 1. The molecule has 1 unspecified atom stereocenters. The van der Waals surface area contributed by atoms with Crippen LogP contribution in [0.2, 0.25) is 0 Å². The molecule has 3 heterocycles. The van der Waals surface area contributed by atoms with Crippen molar-refractivity contribution >= 4 is 53.1 Å². The summed E-state index contributed by atoms with van der Waals surface area (Å²) >= 11 is 1.18. The molecule has 2 aromatic heterocycles. The molecule has 0 aliphatic carbocycles. The number of hydrogen-bond acceptors (Lipinski definition) is 8. The number of nitrogens with one attached hydrogen (secondary N) is 3. The predicted molar refractivity (Wildman–Crippen MR) is 132 cm³/mol. The molecule has 1 aliphatic rings. The van der Waals surface area contributed by atoms with Gasteiger partial charge in [-0.2, -0.15) is 0 Å². The first-order chi connectivity index (χ1) is 16.8. The van der Waals surface area contributed by atoms with Gasteiger partial charge in [0.25, 0.3) is 5.91 Å².